The van der Waals surface area contributed by atoms with E-state index in [0.29, 0.717) is 19.6 Å². The lowest BCUT2D eigenvalue weighted by molar-refractivity contribution is -0.133. The summed E-state index contributed by atoms with van der Waals surface area (Å²) in [4.78, 5) is 23.0. The van der Waals surface area contributed by atoms with Crippen molar-refractivity contribution < 1.29 is 13.2 Å². The third-order valence-electron chi connectivity index (χ3n) is 4.72. The van der Waals surface area contributed by atoms with Gasteiger partial charge in [-0.2, -0.15) is 0 Å². The number of carbonyl (C=O) groups is 1. The number of hydrogen-bond donors (Lipinski definition) is 2. The molecule has 2 rings (SSSR count). The van der Waals surface area contributed by atoms with Gasteiger partial charge in [0.05, 0.1) is 12.8 Å². The maximum absolute atomic E-state index is 12.4. The SMILES string of the molecule is CN=C(NCCNS(C)(=O)=O)N1CCN(CC(=O)N2CCCCC2)CC1.I. The van der Waals surface area contributed by atoms with Gasteiger partial charge in [-0.3, -0.25) is 14.7 Å². The highest BCUT2D eigenvalue weighted by Gasteiger charge is 2.23. The van der Waals surface area contributed by atoms with Crippen molar-refractivity contribution in [2.45, 2.75) is 19.3 Å². The van der Waals surface area contributed by atoms with Gasteiger partial charge in [-0.05, 0) is 19.3 Å². The number of halogens is 1. The summed E-state index contributed by atoms with van der Waals surface area (Å²) >= 11 is 0. The summed E-state index contributed by atoms with van der Waals surface area (Å²) in [5, 5.41) is 3.17. The second kappa shape index (κ2) is 12.0. The van der Waals surface area contributed by atoms with E-state index in [1.54, 1.807) is 7.05 Å². The Hall–Kier alpha value is -0.660. The lowest BCUT2D eigenvalue weighted by atomic mass is 10.1. The fourth-order valence-electron chi connectivity index (χ4n) is 3.30. The average molecular weight is 516 g/mol. The van der Waals surface area contributed by atoms with Crippen molar-refractivity contribution >= 4 is 45.9 Å². The fourth-order valence-corrected chi connectivity index (χ4v) is 3.77. The van der Waals surface area contributed by atoms with E-state index >= 15 is 0 Å². The standard InChI is InChI=1S/C16H32N6O3S.HI/c1-17-16(18-6-7-19-26(2,24)25)22-12-10-20(11-13-22)14-15(23)21-8-4-3-5-9-21;/h19H,3-14H2,1-2H3,(H,17,18);1H. The van der Waals surface area contributed by atoms with Crippen molar-refractivity contribution in [3.63, 3.8) is 0 Å². The zero-order chi connectivity index (χ0) is 19.0. The van der Waals surface area contributed by atoms with Crippen LogP contribution in [0.5, 0.6) is 0 Å². The first kappa shape index (κ1) is 24.4. The molecule has 2 fully saturated rings. The molecule has 0 atom stereocenters. The Bertz CT molecular complexity index is 587. The highest BCUT2D eigenvalue weighted by atomic mass is 127. The number of guanidine groups is 1. The number of piperidine rings is 1. The lowest BCUT2D eigenvalue weighted by Crippen LogP contribution is -2.55. The number of aliphatic imine (C=N–C) groups is 1. The van der Waals surface area contributed by atoms with Crippen LogP contribution in [0.25, 0.3) is 0 Å². The Morgan fingerprint density at radius 2 is 1.59 bits per heavy atom. The molecule has 11 heteroatoms. The predicted molar refractivity (Wildman–Crippen MR) is 118 cm³/mol. The van der Waals surface area contributed by atoms with Crippen molar-refractivity contribution in [1.29, 1.82) is 0 Å². The molecule has 27 heavy (non-hydrogen) atoms. The molecule has 0 spiro atoms. The normalized spacial score (nSPS) is 19.6. The van der Waals surface area contributed by atoms with Crippen molar-refractivity contribution in [3.05, 3.63) is 0 Å². The number of nitrogens with one attached hydrogen (secondary N) is 2. The molecule has 9 nitrogen and oxygen atoms in total. The quantitative estimate of drug-likeness (QED) is 0.211. The van der Waals surface area contributed by atoms with Crippen LogP contribution in [0.1, 0.15) is 19.3 Å². The molecule has 0 bridgehead atoms. The third kappa shape index (κ3) is 8.92. The van der Waals surface area contributed by atoms with Crippen LogP contribution in [0.3, 0.4) is 0 Å². The van der Waals surface area contributed by atoms with Crippen LogP contribution < -0.4 is 10.0 Å². The molecular weight excluding hydrogens is 483 g/mol. The summed E-state index contributed by atoms with van der Waals surface area (Å²) in [6.07, 6.45) is 4.62. The van der Waals surface area contributed by atoms with Gasteiger partial charge in [0, 0.05) is 59.4 Å². The zero-order valence-electron chi connectivity index (χ0n) is 16.3. The van der Waals surface area contributed by atoms with Crippen LogP contribution in [0.4, 0.5) is 0 Å². The summed E-state index contributed by atoms with van der Waals surface area (Å²) < 4.78 is 24.6. The van der Waals surface area contributed by atoms with Gasteiger partial charge in [-0.15, -0.1) is 24.0 Å². The highest BCUT2D eigenvalue weighted by Crippen LogP contribution is 2.10. The smallest absolute Gasteiger partial charge is 0.236 e. The first-order chi connectivity index (χ1) is 12.4. The van der Waals surface area contributed by atoms with E-state index < -0.39 is 10.0 Å². The largest absolute Gasteiger partial charge is 0.355 e. The molecule has 2 heterocycles. The van der Waals surface area contributed by atoms with Gasteiger partial charge in [0.25, 0.3) is 0 Å². The number of piperazine rings is 1. The molecule has 0 aliphatic carbocycles. The minimum atomic E-state index is -3.17. The number of likely N-dealkylation sites (tertiary alicyclic amines) is 1. The molecule has 0 aromatic rings. The lowest BCUT2D eigenvalue weighted by Gasteiger charge is -2.37. The summed E-state index contributed by atoms with van der Waals surface area (Å²) in [5.41, 5.74) is 0. The maximum atomic E-state index is 12.4. The Balaban J connectivity index is 0.00000364. The first-order valence-corrected chi connectivity index (χ1v) is 11.2. The molecule has 2 saturated heterocycles. The van der Waals surface area contributed by atoms with Crippen molar-refractivity contribution in [2.75, 3.05) is 72.2 Å². The van der Waals surface area contributed by atoms with Crippen LogP contribution >= 0.6 is 24.0 Å². The average Bonchev–Trinajstić information content (AvgIpc) is 2.62. The van der Waals surface area contributed by atoms with Crippen LogP contribution in [-0.4, -0.2) is 107 Å². The van der Waals surface area contributed by atoms with E-state index in [9.17, 15) is 13.2 Å². The van der Waals surface area contributed by atoms with E-state index in [-0.39, 0.29) is 29.9 Å². The van der Waals surface area contributed by atoms with Crippen LogP contribution in [0.2, 0.25) is 0 Å². The number of nitrogens with zero attached hydrogens (tertiary/aromatic N) is 4. The molecule has 0 saturated carbocycles. The fraction of sp³-hybridized carbons (Fsp3) is 0.875. The van der Waals surface area contributed by atoms with E-state index in [4.69, 9.17) is 0 Å². The number of sulfonamides is 1. The highest BCUT2D eigenvalue weighted by molar-refractivity contribution is 14.0. The van der Waals surface area contributed by atoms with E-state index in [2.05, 4.69) is 24.8 Å². The summed E-state index contributed by atoms with van der Waals surface area (Å²) in [7, 11) is -1.45. The van der Waals surface area contributed by atoms with Gasteiger partial charge >= 0.3 is 0 Å². The minimum absolute atomic E-state index is 0. The molecule has 0 aromatic heterocycles. The molecule has 158 valence electrons. The van der Waals surface area contributed by atoms with Gasteiger partial charge in [-0.25, -0.2) is 13.1 Å². The van der Waals surface area contributed by atoms with Crippen LogP contribution in [0.15, 0.2) is 4.99 Å². The number of amides is 1. The Morgan fingerprint density at radius 3 is 2.15 bits per heavy atom. The molecule has 2 N–H and O–H groups in total. The van der Waals surface area contributed by atoms with Crippen molar-refractivity contribution in [3.8, 4) is 0 Å². The van der Waals surface area contributed by atoms with E-state index in [0.717, 1.165) is 64.3 Å². The third-order valence-corrected chi connectivity index (χ3v) is 5.45. The predicted octanol–water partition coefficient (Wildman–Crippen LogP) is -0.641. The number of hydrogen-bond acceptors (Lipinski definition) is 5. The second-order valence-electron chi connectivity index (χ2n) is 6.85. The van der Waals surface area contributed by atoms with Crippen LogP contribution in [-0.2, 0) is 14.8 Å². The monoisotopic (exact) mass is 516 g/mol. The van der Waals surface area contributed by atoms with Gasteiger partial charge in [-0.1, -0.05) is 0 Å². The molecule has 2 aliphatic heterocycles. The summed E-state index contributed by atoms with van der Waals surface area (Å²) in [5.74, 6) is 1.01. The molecule has 1 amide bonds. The van der Waals surface area contributed by atoms with Gasteiger partial charge in [0.2, 0.25) is 15.9 Å². The van der Waals surface area contributed by atoms with Crippen LogP contribution in [0, 0.1) is 0 Å². The Morgan fingerprint density at radius 1 is 0.963 bits per heavy atom. The van der Waals surface area contributed by atoms with Crippen molar-refractivity contribution in [2.24, 2.45) is 4.99 Å². The van der Waals surface area contributed by atoms with Gasteiger partial charge < -0.3 is 15.1 Å². The maximum Gasteiger partial charge on any atom is 0.236 e. The second-order valence-corrected chi connectivity index (χ2v) is 8.68. The molecular formula is C16H33IN6O3S. The summed E-state index contributed by atoms with van der Waals surface area (Å²) in [6.45, 7) is 6.34. The first-order valence-electron chi connectivity index (χ1n) is 9.29. The van der Waals surface area contributed by atoms with E-state index in [1.807, 2.05) is 4.90 Å². The summed E-state index contributed by atoms with van der Waals surface area (Å²) in [6, 6.07) is 0. The molecule has 0 radical (unpaired) electrons. The zero-order valence-corrected chi connectivity index (χ0v) is 19.5. The van der Waals surface area contributed by atoms with E-state index in [1.165, 1.54) is 6.42 Å². The number of carbonyl (C=O) groups excluding carboxylic acids is 1. The number of rotatable bonds is 6. The van der Waals surface area contributed by atoms with Crippen molar-refractivity contribution in [1.82, 2.24) is 24.7 Å². The van der Waals surface area contributed by atoms with Gasteiger partial charge in [0.1, 0.15) is 0 Å². The molecule has 0 aromatic carbocycles. The Kier molecular flexibility index (Phi) is 10.9. The molecule has 0 unspecified atom stereocenters. The van der Waals surface area contributed by atoms with Gasteiger partial charge in [0.15, 0.2) is 5.96 Å². The topological polar surface area (TPSA) is 97.3 Å². The minimum Gasteiger partial charge on any atom is -0.355 e. The Labute approximate surface area is 180 Å². The molecule has 2 aliphatic rings.